The predicted octanol–water partition coefficient (Wildman–Crippen LogP) is 1.96. The van der Waals surface area contributed by atoms with Gasteiger partial charge in [0, 0.05) is 64.3 Å². The Labute approximate surface area is 155 Å². The number of aryl methyl sites for hydroxylation is 1. The van der Waals surface area contributed by atoms with Crippen molar-refractivity contribution >= 4 is 11.6 Å². The van der Waals surface area contributed by atoms with E-state index in [0.29, 0.717) is 13.0 Å². The molecule has 0 saturated carbocycles. The third-order valence-corrected chi connectivity index (χ3v) is 4.82. The summed E-state index contributed by atoms with van der Waals surface area (Å²) in [7, 11) is 1.83. The van der Waals surface area contributed by atoms with Crippen LogP contribution in [0.2, 0.25) is 0 Å². The first-order valence-electron chi connectivity index (χ1n) is 9.14. The maximum atomic E-state index is 12.4. The van der Waals surface area contributed by atoms with Crippen LogP contribution in [-0.4, -0.2) is 65.4 Å². The normalized spacial score (nSPS) is 15.1. The average molecular weight is 353 g/mol. The second-order valence-electron chi connectivity index (χ2n) is 6.86. The molecule has 6 heteroatoms. The van der Waals surface area contributed by atoms with Gasteiger partial charge in [-0.15, -0.1) is 0 Å². The molecule has 0 unspecified atom stereocenters. The van der Waals surface area contributed by atoms with E-state index in [4.69, 9.17) is 0 Å². The summed E-state index contributed by atoms with van der Waals surface area (Å²) in [5, 5.41) is 0. The maximum Gasteiger partial charge on any atom is 0.223 e. The first-order chi connectivity index (χ1) is 12.6. The molecule has 1 aliphatic rings. The summed E-state index contributed by atoms with van der Waals surface area (Å²) in [5.41, 5.74) is 3.40. The molecule has 1 aliphatic heterocycles. The van der Waals surface area contributed by atoms with E-state index in [1.807, 2.05) is 7.05 Å². The van der Waals surface area contributed by atoms with Crippen LogP contribution in [-0.2, 0) is 11.3 Å². The molecule has 0 aliphatic carbocycles. The Morgan fingerprint density at radius 3 is 2.69 bits per heavy atom. The van der Waals surface area contributed by atoms with Crippen molar-refractivity contribution < 1.29 is 4.79 Å². The lowest BCUT2D eigenvalue weighted by Crippen LogP contribution is -2.47. The van der Waals surface area contributed by atoms with E-state index in [1.54, 1.807) is 23.5 Å². The van der Waals surface area contributed by atoms with Crippen molar-refractivity contribution in [1.29, 1.82) is 0 Å². The van der Waals surface area contributed by atoms with Crippen LogP contribution in [0, 0.1) is 6.92 Å². The molecule has 1 aromatic heterocycles. The van der Waals surface area contributed by atoms with Gasteiger partial charge in [0.05, 0.1) is 18.4 Å². The van der Waals surface area contributed by atoms with E-state index in [-0.39, 0.29) is 5.91 Å². The molecule has 0 spiro atoms. The highest BCUT2D eigenvalue weighted by Gasteiger charge is 2.19. The highest BCUT2D eigenvalue weighted by atomic mass is 16.2. The van der Waals surface area contributed by atoms with Gasteiger partial charge in [0.15, 0.2) is 0 Å². The van der Waals surface area contributed by atoms with Crippen molar-refractivity contribution in [2.24, 2.45) is 0 Å². The molecule has 2 aromatic rings. The Morgan fingerprint density at radius 1 is 1.19 bits per heavy atom. The van der Waals surface area contributed by atoms with Crippen molar-refractivity contribution in [2.45, 2.75) is 19.9 Å². The highest BCUT2D eigenvalue weighted by Crippen LogP contribution is 2.17. The van der Waals surface area contributed by atoms with E-state index in [1.165, 1.54) is 11.3 Å². The SMILES string of the molecule is Cc1cccc(N2CCN(CCC(=O)N(C)Cc3cnccn3)CC2)c1. The number of amides is 1. The fourth-order valence-corrected chi connectivity index (χ4v) is 3.24. The van der Waals surface area contributed by atoms with E-state index in [0.717, 1.165) is 38.4 Å². The lowest BCUT2D eigenvalue weighted by molar-refractivity contribution is -0.130. The standard InChI is InChI=1S/C20H27N5O/c1-17-4-3-5-19(14-17)25-12-10-24(11-13-25)9-6-20(26)23(2)16-18-15-21-7-8-22-18/h3-5,7-8,14-15H,6,9-13,16H2,1-2H3. The van der Waals surface area contributed by atoms with Crippen molar-refractivity contribution in [2.75, 3.05) is 44.7 Å². The zero-order valence-electron chi connectivity index (χ0n) is 15.6. The number of carbonyl (C=O) groups excluding carboxylic acids is 1. The van der Waals surface area contributed by atoms with Gasteiger partial charge in [-0.25, -0.2) is 0 Å². The van der Waals surface area contributed by atoms with Crippen molar-refractivity contribution in [3.8, 4) is 0 Å². The second-order valence-corrected chi connectivity index (χ2v) is 6.86. The molecule has 1 aromatic carbocycles. The van der Waals surface area contributed by atoms with Gasteiger partial charge in [-0.2, -0.15) is 0 Å². The van der Waals surface area contributed by atoms with Crippen molar-refractivity contribution in [1.82, 2.24) is 19.8 Å². The Kier molecular flexibility index (Phi) is 6.17. The van der Waals surface area contributed by atoms with Gasteiger partial charge in [-0.05, 0) is 24.6 Å². The third-order valence-electron chi connectivity index (χ3n) is 4.82. The number of hydrogen-bond donors (Lipinski definition) is 0. The van der Waals surface area contributed by atoms with Crippen LogP contribution < -0.4 is 4.90 Å². The zero-order chi connectivity index (χ0) is 18.4. The molecule has 0 radical (unpaired) electrons. The summed E-state index contributed by atoms with van der Waals surface area (Å²) in [6, 6.07) is 8.65. The fourth-order valence-electron chi connectivity index (χ4n) is 3.24. The van der Waals surface area contributed by atoms with E-state index >= 15 is 0 Å². The minimum Gasteiger partial charge on any atom is -0.369 e. The van der Waals surface area contributed by atoms with Gasteiger partial charge in [-0.1, -0.05) is 12.1 Å². The highest BCUT2D eigenvalue weighted by molar-refractivity contribution is 5.76. The lowest BCUT2D eigenvalue weighted by atomic mass is 10.2. The number of nitrogens with zero attached hydrogens (tertiary/aromatic N) is 5. The van der Waals surface area contributed by atoms with E-state index in [2.05, 4.69) is 51.0 Å². The predicted molar refractivity (Wildman–Crippen MR) is 103 cm³/mol. The number of benzene rings is 1. The van der Waals surface area contributed by atoms with Crippen LogP contribution in [0.1, 0.15) is 17.7 Å². The largest absolute Gasteiger partial charge is 0.369 e. The maximum absolute atomic E-state index is 12.4. The molecular weight excluding hydrogens is 326 g/mol. The number of rotatable bonds is 6. The molecule has 26 heavy (non-hydrogen) atoms. The molecule has 138 valence electrons. The summed E-state index contributed by atoms with van der Waals surface area (Å²) in [6.07, 6.45) is 5.54. The van der Waals surface area contributed by atoms with Crippen LogP contribution >= 0.6 is 0 Å². The Bertz CT molecular complexity index is 713. The summed E-state index contributed by atoms with van der Waals surface area (Å²) < 4.78 is 0. The van der Waals surface area contributed by atoms with Crippen molar-refractivity contribution in [3.05, 3.63) is 54.1 Å². The van der Waals surface area contributed by atoms with Gasteiger partial charge in [-0.3, -0.25) is 19.7 Å². The molecule has 1 amide bonds. The first kappa shape index (κ1) is 18.3. The van der Waals surface area contributed by atoms with Crippen LogP contribution in [0.25, 0.3) is 0 Å². The topological polar surface area (TPSA) is 52.6 Å². The fraction of sp³-hybridized carbons (Fsp3) is 0.450. The van der Waals surface area contributed by atoms with Gasteiger partial charge < -0.3 is 9.80 Å². The Hall–Kier alpha value is -2.47. The minimum atomic E-state index is 0.150. The quantitative estimate of drug-likeness (QED) is 0.795. The molecule has 1 saturated heterocycles. The smallest absolute Gasteiger partial charge is 0.223 e. The molecule has 0 bridgehead atoms. The lowest BCUT2D eigenvalue weighted by Gasteiger charge is -2.36. The molecule has 0 N–H and O–H groups in total. The van der Waals surface area contributed by atoms with Crippen LogP contribution in [0.4, 0.5) is 5.69 Å². The van der Waals surface area contributed by atoms with Crippen LogP contribution in [0.15, 0.2) is 42.9 Å². The number of anilines is 1. The molecule has 2 heterocycles. The first-order valence-corrected chi connectivity index (χ1v) is 9.14. The van der Waals surface area contributed by atoms with Gasteiger partial charge in [0.25, 0.3) is 0 Å². The number of hydrogen-bond acceptors (Lipinski definition) is 5. The average Bonchev–Trinajstić information content (AvgIpc) is 2.67. The summed E-state index contributed by atoms with van der Waals surface area (Å²) in [5.74, 6) is 0.150. The Balaban J connectivity index is 1.41. The molecular formula is C20H27N5O. The molecule has 6 nitrogen and oxygen atoms in total. The van der Waals surface area contributed by atoms with E-state index < -0.39 is 0 Å². The molecule has 3 rings (SSSR count). The zero-order valence-corrected chi connectivity index (χ0v) is 15.6. The third kappa shape index (κ3) is 5.02. The van der Waals surface area contributed by atoms with Crippen LogP contribution in [0.5, 0.6) is 0 Å². The monoisotopic (exact) mass is 353 g/mol. The van der Waals surface area contributed by atoms with Gasteiger partial charge in [0.2, 0.25) is 5.91 Å². The molecule has 1 fully saturated rings. The van der Waals surface area contributed by atoms with Gasteiger partial charge in [0.1, 0.15) is 0 Å². The second kappa shape index (κ2) is 8.76. The Morgan fingerprint density at radius 2 is 2.00 bits per heavy atom. The number of piperazine rings is 1. The van der Waals surface area contributed by atoms with Gasteiger partial charge >= 0.3 is 0 Å². The number of carbonyl (C=O) groups is 1. The van der Waals surface area contributed by atoms with E-state index in [9.17, 15) is 4.79 Å². The summed E-state index contributed by atoms with van der Waals surface area (Å²) in [4.78, 5) is 27.1. The summed E-state index contributed by atoms with van der Waals surface area (Å²) in [6.45, 7) is 7.45. The molecule has 0 atom stereocenters. The van der Waals surface area contributed by atoms with Crippen LogP contribution in [0.3, 0.4) is 0 Å². The number of aromatic nitrogens is 2. The summed E-state index contributed by atoms with van der Waals surface area (Å²) >= 11 is 0. The minimum absolute atomic E-state index is 0.150. The van der Waals surface area contributed by atoms with Crippen molar-refractivity contribution in [3.63, 3.8) is 0 Å².